The summed E-state index contributed by atoms with van der Waals surface area (Å²) in [6, 6.07) is 10.1. The first-order valence-corrected chi connectivity index (χ1v) is 9.07. The van der Waals surface area contributed by atoms with Crippen molar-refractivity contribution in [2.75, 3.05) is 12.0 Å². The number of amides is 1. The Labute approximate surface area is 167 Å². The fourth-order valence-corrected chi connectivity index (χ4v) is 3.46. The molecule has 1 amide bonds. The van der Waals surface area contributed by atoms with Gasteiger partial charge in [0.15, 0.2) is 11.5 Å². The molecule has 0 bridgehead atoms. The second kappa shape index (κ2) is 7.56. The number of ketones is 1. The molecule has 0 saturated heterocycles. The lowest BCUT2D eigenvalue weighted by molar-refractivity contribution is -0.119. The molecule has 2 aromatic rings. The molecule has 7 heteroatoms. The summed E-state index contributed by atoms with van der Waals surface area (Å²) in [5, 5.41) is 20.4. The lowest BCUT2D eigenvalue weighted by Crippen LogP contribution is -2.31. The molecule has 3 rings (SSSR count). The largest absolute Gasteiger partial charge is 0.508 e. The van der Waals surface area contributed by atoms with Crippen LogP contribution in [0.3, 0.4) is 0 Å². The third-order valence-corrected chi connectivity index (χ3v) is 4.92. The van der Waals surface area contributed by atoms with Gasteiger partial charge in [-0.3, -0.25) is 14.5 Å². The summed E-state index contributed by atoms with van der Waals surface area (Å²) in [6.07, 6.45) is 0. The molecular weight excluding hydrogens is 382 g/mol. The number of aliphatic hydroxyl groups is 1. The highest BCUT2D eigenvalue weighted by Crippen LogP contribution is 2.43. The first-order valence-electron chi connectivity index (χ1n) is 8.69. The molecule has 1 unspecified atom stereocenters. The fraction of sp³-hybridized carbons (Fsp3) is 0.238. The van der Waals surface area contributed by atoms with Crippen LogP contribution in [0.2, 0.25) is 5.02 Å². The zero-order chi connectivity index (χ0) is 20.6. The number of hydrogen-bond donors (Lipinski definition) is 2. The van der Waals surface area contributed by atoms with Gasteiger partial charge >= 0.3 is 0 Å². The lowest BCUT2D eigenvalue weighted by atomic mass is 9.91. The molecule has 0 aromatic heterocycles. The number of rotatable bonds is 5. The van der Waals surface area contributed by atoms with E-state index in [4.69, 9.17) is 16.3 Å². The van der Waals surface area contributed by atoms with Crippen LogP contribution >= 0.6 is 11.6 Å². The molecule has 1 aliphatic rings. The van der Waals surface area contributed by atoms with E-state index in [1.807, 2.05) is 0 Å². The van der Waals surface area contributed by atoms with Crippen LogP contribution in [-0.2, 0) is 9.59 Å². The summed E-state index contributed by atoms with van der Waals surface area (Å²) in [5.41, 5.74) is 1.01. The Bertz CT molecular complexity index is 965. The van der Waals surface area contributed by atoms with Crippen molar-refractivity contribution in [3.8, 4) is 11.5 Å². The fourth-order valence-electron chi connectivity index (χ4n) is 3.21. The number of benzene rings is 2. The molecular formula is C21H20ClNO5. The van der Waals surface area contributed by atoms with E-state index in [-0.39, 0.29) is 17.1 Å². The highest BCUT2D eigenvalue weighted by Gasteiger charge is 2.44. The highest BCUT2D eigenvalue weighted by atomic mass is 35.5. The Hall–Kier alpha value is -2.99. The van der Waals surface area contributed by atoms with Crippen molar-refractivity contribution < 1.29 is 24.5 Å². The lowest BCUT2D eigenvalue weighted by Gasteiger charge is -2.27. The normalized spacial score (nSPS) is 16.8. The Morgan fingerprint density at radius 2 is 1.79 bits per heavy atom. The Morgan fingerprint density at radius 1 is 1.14 bits per heavy atom. The summed E-state index contributed by atoms with van der Waals surface area (Å²) in [6.45, 7) is 3.40. The van der Waals surface area contributed by atoms with E-state index < -0.39 is 23.6 Å². The Balaban J connectivity index is 2.18. The number of aromatic hydroxyl groups is 1. The minimum Gasteiger partial charge on any atom is -0.508 e. The summed E-state index contributed by atoms with van der Waals surface area (Å²) in [5.74, 6) is -1.52. The van der Waals surface area contributed by atoms with Crippen LogP contribution in [0.4, 0.5) is 5.69 Å². The van der Waals surface area contributed by atoms with Crippen molar-refractivity contribution in [2.24, 2.45) is 5.92 Å². The van der Waals surface area contributed by atoms with Crippen LogP contribution in [0.5, 0.6) is 11.5 Å². The van der Waals surface area contributed by atoms with Gasteiger partial charge in [0.2, 0.25) is 0 Å². The second-order valence-electron chi connectivity index (χ2n) is 6.77. The number of Topliss-reactive ketones (excluding diaryl/α,β-unsaturated/α-hetero) is 1. The van der Waals surface area contributed by atoms with Gasteiger partial charge in [0.1, 0.15) is 11.5 Å². The van der Waals surface area contributed by atoms with E-state index in [1.165, 1.54) is 24.1 Å². The number of nitrogens with zero attached hydrogens (tertiary/aromatic N) is 1. The topological polar surface area (TPSA) is 87.1 Å². The van der Waals surface area contributed by atoms with Gasteiger partial charge in [-0.2, -0.15) is 0 Å². The minimum atomic E-state index is -0.840. The monoisotopic (exact) mass is 401 g/mol. The molecule has 28 heavy (non-hydrogen) atoms. The average Bonchev–Trinajstić information content (AvgIpc) is 2.92. The molecule has 2 N–H and O–H groups in total. The van der Waals surface area contributed by atoms with Crippen molar-refractivity contribution in [1.82, 2.24) is 0 Å². The van der Waals surface area contributed by atoms with Gasteiger partial charge in [0, 0.05) is 11.6 Å². The third kappa shape index (κ3) is 3.31. The molecule has 1 heterocycles. The zero-order valence-electron chi connectivity index (χ0n) is 15.6. The highest BCUT2D eigenvalue weighted by molar-refractivity contribution is 6.32. The number of anilines is 1. The average molecular weight is 402 g/mol. The van der Waals surface area contributed by atoms with E-state index in [0.717, 1.165) is 0 Å². The quantitative estimate of drug-likeness (QED) is 0.784. The SMILES string of the molecule is COc1ccc(N2C(=O)C(O)=C(C(=O)C(C)C)C2c2ccc(O)cc2)cc1Cl. The number of carbonyl (C=O) groups excluding carboxylic acids is 2. The van der Waals surface area contributed by atoms with Crippen LogP contribution in [0.1, 0.15) is 25.5 Å². The number of phenolic OH excluding ortho intramolecular Hbond substituents is 1. The van der Waals surface area contributed by atoms with Crippen molar-refractivity contribution in [1.29, 1.82) is 0 Å². The van der Waals surface area contributed by atoms with Crippen LogP contribution in [0.15, 0.2) is 53.8 Å². The maximum atomic E-state index is 12.9. The van der Waals surface area contributed by atoms with E-state index >= 15 is 0 Å². The third-order valence-electron chi connectivity index (χ3n) is 4.62. The molecule has 2 aromatic carbocycles. The molecule has 1 atom stereocenters. The van der Waals surface area contributed by atoms with E-state index in [1.54, 1.807) is 44.2 Å². The van der Waals surface area contributed by atoms with Crippen LogP contribution in [0, 0.1) is 5.92 Å². The second-order valence-corrected chi connectivity index (χ2v) is 7.18. The number of phenols is 1. The smallest absolute Gasteiger partial charge is 0.294 e. The molecule has 0 spiro atoms. The molecule has 0 radical (unpaired) electrons. The number of aliphatic hydroxyl groups excluding tert-OH is 1. The summed E-state index contributed by atoms with van der Waals surface area (Å²) in [4.78, 5) is 27.0. The van der Waals surface area contributed by atoms with Crippen molar-refractivity contribution >= 4 is 29.0 Å². The van der Waals surface area contributed by atoms with Crippen molar-refractivity contribution in [3.05, 3.63) is 64.4 Å². The van der Waals surface area contributed by atoms with Crippen molar-refractivity contribution in [2.45, 2.75) is 19.9 Å². The predicted molar refractivity (Wildman–Crippen MR) is 106 cm³/mol. The Morgan fingerprint density at radius 3 is 2.32 bits per heavy atom. The number of halogens is 1. The van der Waals surface area contributed by atoms with Crippen LogP contribution in [0.25, 0.3) is 0 Å². The van der Waals surface area contributed by atoms with Crippen LogP contribution < -0.4 is 9.64 Å². The van der Waals surface area contributed by atoms with E-state index in [0.29, 0.717) is 22.0 Å². The molecule has 0 saturated carbocycles. The van der Waals surface area contributed by atoms with Gasteiger partial charge in [0.25, 0.3) is 5.91 Å². The van der Waals surface area contributed by atoms with Gasteiger partial charge in [-0.15, -0.1) is 0 Å². The van der Waals surface area contributed by atoms with Gasteiger partial charge in [0.05, 0.1) is 23.7 Å². The first-order chi connectivity index (χ1) is 13.3. The number of carbonyl (C=O) groups is 2. The molecule has 146 valence electrons. The molecule has 1 aliphatic heterocycles. The molecule has 6 nitrogen and oxygen atoms in total. The Kier molecular flexibility index (Phi) is 5.34. The van der Waals surface area contributed by atoms with Crippen molar-refractivity contribution in [3.63, 3.8) is 0 Å². The van der Waals surface area contributed by atoms with Crippen LogP contribution in [-0.4, -0.2) is 29.0 Å². The number of ether oxygens (including phenoxy) is 1. The zero-order valence-corrected chi connectivity index (χ0v) is 16.4. The van der Waals surface area contributed by atoms with E-state index in [2.05, 4.69) is 0 Å². The maximum Gasteiger partial charge on any atom is 0.294 e. The number of hydrogen-bond acceptors (Lipinski definition) is 5. The number of methoxy groups -OCH3 is 1. The van der Waals surface area contributed by atoms with Gasteiger partial charge in [-0.25, -0.2) is 0 Å². The van der Waals surface area contributed by atoms with Gasteiger partial charge < -0.3 is 14.9 Å². The van der Waals surface area contributed by atoms with Gasteiger partial charge in [-0.1, -0.05) is 37.6 Å². The molecule has 0 fully saturated rings. The predicted octanol–water partition coefficient (Wildman–Crippen LogP) is 4.18. The maximum absolute atomic E-state index is 12.9. The first kappa shape index (κ1) is 19.8. The minimum absolute atomic E-state index is 0.0256. The summed E-state index contributed by atoms with van der Waals surface area (Å²) < 4.78 is 5.15. The molecule has 0 aliphatic carbocycles. The van der Waals surface area contributed by atoms with Gasteiger partial charge in [-0.05, 0) is 35.9 Å². The standard InChI is InChI=1S/C21H20ClNO5/c1-11(2)19(25)17-18(12-4-7-14(24)8-5-12)23(21(27)20(17)26)13-6-9-16(28-3)15(22)10-13/h4-11,18,24,26H,1-3H3. The van der Waals surface area contributed by atoms with E-state index in [9.17, 15) is 19.8 Å². The summed E-state index contributed by atoms with van der Waals surface area (Å²) >= 11 is 6.22. The summed E-state index contributed by atoms with van der Waals surface area (Å²) in [7, 11) is 1.48.